The van der Waals surface area contributed by atoms with Crippen LogP contribution in [0.1, 0.15) is 0 Å². The molecule has 0 nitrogen and oxygen atoms in total. The summed E-state index contributed by atoms with van der Waals surface area (Å²) in [5, 5.41) is 8.02. The van der Waals surface area contributed by atoms with E-state index in [4.69, 9.17) is 0 Å². The first kappa shape index (κ1) is 9.43. The zero-order valence-corrected chi connectivity index (χ0v) is 10.7. The molecule has 17 heavy (non-hydrogen) atoms. The van der Waals surface area contributed by atoms with Crippen molar-refractivity contribution in [1.82, 2.24) is 0 Å². The van der Waals surface area contributed by atoms with E-state index in [9.17, 15) is 0 Å². The molecule has 0 fully saturated rings. The second-order valence-corrected chi connectivity index (χ2v) is 5.35. The van der Waals surface area contributed by atoms with E-state index in [1.54, 1.807) is 0 Å². The lowest BCUT2D eigenvalue weighted by molar-refractivity contribution is 1.74. The van der Waals surface area contributed by atoms with Gasteiger partial charge >= 0.3 is 0 Å². The third kappa shape index (κ3) is 1.23. The zero-order chi connectivity index (χ0) is 11.4. The summed E-state index contributed by atoms with van der Waals surface area (Å²) >= 11 is 3.57. The Morgan fingerprint density at radius 3 is 1.65 bits per heavy atom. The monoisotopic (exact) mass is 280 g/mol. The predicted octanol–water partition coefficient (Wildman–Crippen LogP) is 5.35. The summed E-state index contributed by atoms with van der Waals surface area (Å²) in [6, 6.07) is 19.7. The van der Waals surface area contributed by atoms with Gasteiger partial charge in [0.1, 0.15) is 0 Å². The Labute approximate surface area is 107 Å². The Morgan fingerprint density at radius 2 is 1.06 bits per heavy atom. The van der Waals surface area contributed by atoms with Crippen molar-refractivity contribution in [1.29, 1.82) is 0 Å². The number of halogens is 1. The average molecular weight is 281 g/mol. The normalized spacial score (nSPS) is 11.8. The van der Waals surface area contributed by atoms with Gasteiger partial charge in [-0.05, 0) is 44.5 Å². The Balaban J connectivity index is 2.45. The van der Waals surface area contributed by atoms with Crippen LogP contribution >= 0.6 is 15.9 Å². The molecule has 4 aromatic carbocycles. The van der Waals surface area contributed by atoms with Crippen LogP contribution in [0.3, 0.4) is 0 Å². The molecule has 0 atom stereocenters. The van der Waals surface area contributed by atoms with Crippen molar-refractivity contribution < 1.29 is 0 Å². The molecule has 0 amide bonds. The fourth-order valence-corrected chi connectivity index (χ4v) is 3.21. The molecule has 0 aliphatic rings. The van der Waals surface area contributed by atoms with Crippen molar-refractivity contribution in [3.8, 4) is 0 Å². The van der Waals surface area contributed by atoms with E-state index in [1.165, 1.54) is 32.3 Å². The van der Waals surface area contributed by atoms with E-state index >= 15 is 0 Å². The van der Waals surface area contributed by atoms with Crippen molar-refractivity contribution in [2.75, 3.05) is 0 Å². The van der Waals surface area contributed by atoms with Gasteiger partial charge in [0.25, 0.3) is 0 Å². The van der Waals surface area contributed by atoms with Crippen molar-refractivity contribution >= 4 is 48.2 Å². The summed E-state index contributed by atoms with van der Waals surface area (Å²) in [6.07, 6.45) is 0. The largest absolute Gasteiger partial charge is 0.0610 e. The van der Waals surface area contributed by atoms with Gasteiger partial charge in [-0.25, -0.2) is 0 Å². The summed E-state index contributed by atoms with van der Waals surface area (Å²) in [6.45, 7) is 0. The van der Waals surface area contributed by atoms with Crippen molar-refractivity contribution in [2.45, 2.75) is 0 Å². The highest BCUT2D eigenvalue weighted by atomic mass is 79.9. The molecule has 4 aromatic rings. The molecular weight excluding hydrogens is 272 g/mol. The minimum absolute atomic E-state index is 1.14. The second-order valence-electron chi connectivity index (χ2n) is 4.44. The molecule has 0 aromatic heterocycles. The maximum absolute atomic E-state index is 3.57. The molecule has 0 bridgehead atoms. The van der Waals surface area contributed by atoms with E-state index in [0.29, 0.717) is 0 Å². The van der Waals surface area contributed by atoms with Crippen molar-refractivity contribution in [3.05, 3.63) is 59.1 Å². The third-order valence-electron chi connectivity index (χ3n) is 3.43. The molecule has 0 unspecified atom stereocenters. The fourth-order valence-electron chi connectivity index (χ4n) is 2.72. The second kappa shape index (κ2) is 3.21. The lowest BCUT2D eigenvalue weighted by Crippen LogP contribution is -1.83. The minimum Gasteiger partial charge on any atom is -0.0610 e. The van der Waals surface area contributed by atoms with Gasteiger partial charge in [0.2, 0.25) is 0 Å². The van der Waals surface area contributed by atoms with Crippen molar-refractivity contribution in [2.24, 2.45) is 0 Å². The first-order valence-corrected chi connectivity index (χ1v) is 6.45. The molecule has 0 aliphatic heterocycles. The summed E-state index contributed by atoms with van der Waals surface area (Å²) in [7, 11) is 0. The van der Waals surface area contributed by atoms with Gasteiger partial charge in [-0.2, -0.15) is 0 Å². The molecule has 80 valence electrons. The smallest absolute Gasteiger partial charge is 0.0187 e. The summed E-state index contributed by atoms with van der Waals surface area (Å²) < 4.78 is 1.14. The molecule has 0 heterocycles. The Hall–Kier alpha value is -1.60. The van der Waals surface area contributed by atoms with Crippen LogP contribution in [0.4, 0.5) is 0 Å². The number of benzene rings is 4. The van der Waals surface area contributed by atoms with Crippen LogP contribution in [-0.4, -0.2) is 0 Å². The fraction of sp³-hybridized carbons (Fsp3) is 0. The highest BCUT2D eigenvalue weighted by Crippen LogP contribution is 2.35. The van der Waals surface area contributed by atoms with Crippen LogP contribution in [0.25, 0.3) is 32.3 Å². The predicted molar refractivity (Wildman–Crippen MR) is 77.8 cm³/mol. The van der Waals surface area contributed by atoms with E-state index in [2.05, 4.69) is 70.5 Å². The minimum atomic E-state index is 1.14. The van der Waals surface area contributed by atoms with Crippen LogP contribution in [-0.2, 0) is 0 Å². The lowest BCUT2D eigenvalue weighted by atomic mass is 9.94. The molecule has 0 saturated heterocycles. The Kier molecular flexibility index (Phi) is 1.78. The number of hydrogen-bond donors (Lipinski definition) is 0. The average Bonchev–Trinajstić information content (AvgIpc) is 2.35. The third-order valence-corrected chi connectivity index (χ3v) is 3.89. The summed E-state index contributed by atoms with van der Waals surface area (Å²) in [5.41, 5.74) is 0. The molecule has 0 aliphatic carbocycles. The first-order valence-electron chi connectivity index (χ1n) is 5.66. The number of hydrogen-bond acceptors (Lipinski definition) is 0. The molecule has 0 N–H and O–H groups in total. The van der Waals surface area contributed by atoms with Gasteiger partial charge in [0.15, 0.2) is 0 Å². The van der Waals surface area contributed by atoms with E-state index in [0.717, 1.165) is 4.47 Å². The van der Waals surface area contributed by atoms with E-state index in [1.807, 2.05) is 0 Å². The highest BCUT2D eigenvalue weighted by molar-refractivity contribution is 9.10. The van der Waals surface area contributed by atoms with Crippen LogP contribution < -0.4 is 0 Å². The molecule has 0 saturated carbocycles. The van der Waals surface area contributed by atoms with Gasteiger partial charge in [-0.15, -0.1) is 0 Å². The highest BCUT2D eigenvalue weighted by Gasteiger charge is 2.07. The molecule has 1 heteroatoms. The van der Waals surface area contributed by atoms with Gasteiger partial charge < -0.3 is 0 Å². The van der Waals surface area contributed by atoms with Crippen LogP contribution in [0.15, 0.2) is 59.1 Å². The Morgan fingerprint density at radius 1 is 0.588 bits per heavy atom. The summed E-state index contributed by atoms with van der Waals surface area (Å²) in [5.74, 6) is 0. The standard InChI is InChI=1S/C16H9Br/c17-14-8-12-6-4-10-2-1-3-11-5-7-13(9-14)16(12)15(10)11/h1-9H. The molecule has 4 rings (SSSR count). The SMILES string of the molecule is Brc1cc2ccc3cccc4ccc(c1)c2c34. The summed E-state index contributed by atoms with van der Waals surface area (Å²) in [4.78, 5) is 0. The van der Waals surface area contributed by atoms with Crippen LogP contribution in [0.5, 0.6) is 0 Å². The van der Waals surface area contributed by atoms with Gasteiger partial charge in [-0.1, -0.05) is 58.4 Å². The van der Waals surface area contributed by atoms with E-state index in [-0.39, 0.29) is 0 Å². The van der Waals surface area contributed by atoms with Gasteiger partial charge in [0, 0.05) is 4.47 Å². The van der Waals surface area contributed by atoms with Crippen LogP contribution in [0.2, 0.25) is 0 Å². The lowest BCUT2D eigenvalue weighted by Gasteiger charge is -2.10. The molecule has 0 radical (unpaired) electrons. The maximum Gasteiger partial charge on any atom is 0.0187 e. The van der Waals surface area contributed by atoms with E-state index < -0.39 is 0 Å². The molecular formula is C16H9Br. The van der Waals surface area contributed by atoms with Crippen molar-refractivity contribution in [3.63, 3.8) is 0 Å². The Bertz CT molecular complexity index is 782. The first-order chi connectivity index (χ1) is 8.33. The zero-order valence-electron chi connectivity index (χ0n) is 9.07. The number of rotatable bonds is 0. The topological polar surface area (TPSA) is 0 Å². The van der Waals surface area contributed by atoms with Crippen LogP contribution in [0, 0.1) is 0 Å². The molecule has 0 spiro atoms. The van der Waals surface area contributed by atoms with Gasteiger partial charge in [-0.3, -0.25) is 0 Å². The quantitative estimate of drug-likeness (QED) is 0.381. The van der Waals surface area contributed by atoms with Gasteiger partial charge in [0.05, 0.1) is 0 Å². The maximum atomic E-state index is 3.57.